The van der Waals surface area contributed by atoms with Gasteiger partial charge >= 0.3 is 0 Å². The predicted molar refractivity (Wildman–Crippen MR) is 58.2 cm³/mol. The lowest BCUT2D eigenvalue weighted by Crippen LogP contribution is -2.30. The zero-order valence-electron chi connectivity index (χ0n) is 8.15. The van der Waals surface area contributed by atoms with E-state index in [1.165, 1.54) is 12.6 Å². The van der Waals surface area contributed by atoms with E-state index < -0.39 is 0 Å². The molecule has 3 N–H and O–H groups in total. The number of hydrogen-bond acceptors (Lipinski definition) is 5. The largest absolute Gasteiger partial charge is 0.394 e. The van der Waals surface area contributed by atoms with Crippen molar-refractivity contribution in [3.8, 4) is 0 Å². The Kier molecular flexibility index (Phi) is 1.97. The Hall–Kier alpha value is -1.07. The fourth-order valence-corrected chi connectivity index (χ4v) is 2.23. The molecule has 3 rings (SSSR count). The molecule has 1 aromatic heterocycles. The first-order valence-corrected chi connectivity index (χ1v) is 5.40. The highest BCUT2D eigenvalue weighted by Gasteiger charge is 2.45. The van der Waals surface area contributed by atoms with Gasteiger partial charge in [0.2, 0.25) is 5.28 Å². The van der Waals surface area contributed by atoms with Crippen molar-refractivity contribution < 1.29 is 0 Å². The van der Waals surface area contributed by atoms with Crippen molar-refractivity contribution in [3.05, 3.63) is 11.5 Å². The molecule has 2 aliphatic rings. The number of nitrogen functional groups attached to an aromatic ring is 1. The quantitative estimate of drug-likeness (QED) is 0.735. The van der Waals surface area contributed by atoms with E-state index in [2.05, 4.69) is 20.4 Å². The second-order valence-corrected chi connectivity index (χ2v) is 4.55. The number of nitrogens with zero attached hydrogens (tertiary/aromatic N) is 3. The van der Waals surface area contributed by atoms with Crippen LogP contribution in [0.2, 0.25) is 5.28 Å². The van der Waals surface area contributed by atoms with E-state index in [1.807, 2.05) is 0 Å². The molecule has 1 aliphatic carbocycles. The number of hydrogen-bond donors (Lipinski definition) is 2. The molecule has 1 saturated heterocycles. The van der Waals surface area contributed by atoms with Crippen LogP contribution in [0.3, 0.4) is 0 Å². The molecule has 15 heavy (non-hydrogen) atoms. The lowest BCUT2D eigenvalue weighted by Gasteiger charge is -2.19. The van der Waals surface area contributed by atoms with Crippen molar-refractivity contribution in [2.75, 3.05) is 24.2 Å². The summed E-state index contributed by atoms with van der Waals surface area (Å²) in [6.45, 7) is 2.15. The van der Waals surface area contributed by atoms with Crippen molar-refractivity contribution in [1.29, 1.82) is 0 Å². The summed E-state index contributed by atoms with van der Waals surface area (Å²) >= 11 is 5.70. The summed E-state index contributed by atoms with van der Waals surface area (Å²) in [6.07, 6.45) is 2.90. The molecule has 2 unspecified atom stereocenters. The second-order valence-electron chi connectivity index (χ2n) is 4.22. The number of rotatable bonds is 2. The van der Waals surface area contributed by atoms with E-state index >= 15 is 0 Å². The molecule has 5 nitrogen and oxygen atoms in total. The van der Waals surface area contributed by atoms with Gasteiger partial charge in [0.05, 0.1) is 11.9 Å². The number of halogens is 1. The van der Waals surface area contributed by atoms with E-state index in [1.54, 1.807) is 0 Å². The van der Waals surface area contributed by atoms with Crippen LogP contribution in [0.5, 0.6) is 0 Å². The Balaban J connectivity index is 1.73. The SMILES string of the molecule is Nc1cnc(Cl)nc1NN1CC2CC2C1. The maximum Gasteiger partial charge on any atom is 0.224 e. The van der Waals surface area contributed by atoms with Crippen molar-refractivity contribution in [2.45, 2.75) is 6.42 Å². The van der Waals surface area contributed by atoms with Crippen LogP contribution < -0.4 is 11.2 Å². The summed E-state index contributed by atoms with van der Waals surface area (Å²) in [5, 5.41) is 2.37. The highest BCUT2D eigenvalue weighted by molar-refractivity contribution is 6.28. The van der Waals surface area contributed by atoms with Gasteiger partial charge in [-0.15, -0.1) is 0 Å². The van der Waals surface area contributed by atoms with Crippen LogP contribution in [0.15, 0.2) is 6.20 Å². The van der Waals surface area contributed by atoms with Gasteiger partial charge in [0.15, 0.2) is 5.82 Å². The minimum absolute atomic E-state index is 0.219. The van der Waals surface area contributed by atoms with Crippen LogP contribution >= 0.6 is 11.6 Å². The Morgan fingerprint density at radius 2 is 2.20 bits per heavy atom. The highest BCUT2D eigenvalue weighted by atomic mass is 35.5. The summed E-state index contributed by atoms with van der Waals surface area (Å²) in [5.74, 6) is 2.35. The topological polar surface area (TPSA) is 67.1 Å². The number of hydrazine groups is 1. The molecular formula is C9H12ClN5. The van der Waals surface area contributed by atoms with Crippen molar-refractivity contribution >= 4 is 23.1 Å². The first kappa shape index (κ1) is 9.18. The molecular weight excluding hydrogens is 214 g/mol. The zero-order valence-corrected chi connectivity index (χ0v) is 8.91. The van der Waals surface area contributed by atoms with Crippen LogP contribution in [0.25, 0.3) is 0 Å². The summed E-state index contributed by atoms with van der Waals surface area (Å²) in [4.78, 5) is 7.86. The van der Waals surface area contributed by atoms with Crippen molar-refractivity contribution in [2.24, 2.45) is 11.8 Å². The Morgan fingerprint density at radius 3 is 2.93 bits per heavy atom. The molecule has 0 bridgehead atoms. The average Bonchev–Trinajstić information content (AvgIpc) is 2.81. The number of anilines is 2. The first-order valence-electron chi connectivity index (χ1n) is 5.02. The number of piperidine rings is 1. The Bertz CT molecular complexity index is 386. The third-order valence-corrected chi connectivity index (χ3v) is 3.21. The number of aromatic nitrogens is 2. The molecule has 1 aromatic rings. The molecule has 0 spiro atoms. The number of fused-ring (bicyclic) bond motifs is 1. The number of nitrogens with two attached hydrogens (primary N) is 1. The standard InChI is InChI=1S/C9H12ClN5/c10-9-12-2-7(11)8(13-9)14-15-3-5-1-6(5)4-15/h2,5-6H,1,3-4,11H2,(H,12,13,14). The third-order valence-electron chi connectivity index (χ3n) is 3.03. The van der Waals surface area contributed by atoms with Crippen molar-refractivity contribution in [3.63, 3.8) is 0 Å². The summed E-state index contributed by atoms with van der Waals surface area (Å²) in [5.41, 5.74) is 9.45. The third kappa shape index (κ3) is 1.72. The van der Waals surface area contributed by atoms with E-state index in [-0.39, 0.29) is 5.28 Å². The molecule has 6 heteroatoms. The number of nitrogens with one attached hydrogen (secondary N) is 1. The molecule has 2 atom stereocenters. The lowest BCUT2D eigenvalue weighted by molar-refractivity contribution is 0.365. The van der Waals surface area contributed by atoms with E-state index in [4.69, 9.17) is 17.3 Å². The first-order chi connectivity index (χ1) is 7.22. The van der Waals surface area contributed by atoms with Gasteiger partial charge in [-0.1, -0.05) is 0 Å². The second kappa shape index (κ2) is 3.21. The molecule has 0 aromatic carbocycles. The van der Waals surface area contributed by atoms with Gasteiger partial charge in [-0.25, -0.2) is 9.99 Å². The normalized spacial score (nSPS) is 28.9. The fourth-order valence-electron chi connectivity index (χ4n) is 2.10. The minimum Gasteiger partial charge on any atom is -0.394 e. The van der Waals surface area contributed by atoms with Gasteiger partial charge in [-0.05, 0) is 29.9 Å². The average molecular weight is 226 g/mol. The zero-order chi connectivity index (χ0) is 10.4. The fraction of sp³-hybridized carbons (Fsp3) is 0.556. The van der Waals surface area contributed by atoms with Gasteiger partial charge < -0.3 is 11.2 Å². The Labute approximate surface area is 92.6 Å². The van der Waals surface area contributed by atoms with Gasteiger partial charge in [-0.3, -0.25) is 0 Å². The van der Waals surface area contributed by atoms with E-state index in [9.17, 15) is 0 Å². The summed E-state index contributed by atoms with van der Waals surface area (Å²) in [6, 6.07) is 0. The summed E-state index contributed by atoms with van der Waals surface area (Å²) < 4.78 is 0. The maximum atomic E-state index is 5.74. The van der Waals surface area contributed by atoms with Gasteiger partial charge in [0.25, 0.3) is 0 Å². The van der Waals surface area contributed by atoms with Crippen LogP contribution in [0.4, 0.5) is 11.5 Å². The molecule has 80 valence electrons. The lowest BCUT2D eigenvalue weighted by atomic mass is 10.4. The van der Waals surface area contributed by atoms with Crippen LogP contribution in [-0.4, -0.2) is 28.1 Å². The van der Waals surface area contributed by atoms with Crippen LogP contribution in [0, 0.1) is 11.8 Å². The van der Waals surface area contributed by atoms with Gasteiger partial charge in [0.1, 0.15) is 0 Å². The summed E-state index contributed by atoms with van der Waals surface area (Å²) in [7, 11) is 0. The predicted octanol–water partition coefficient (Wildman–Crippen LogP) is 0.991. The monoisotopic (exact) mass is 225 g/mol. The molecule has 0 amide bonds. The Morgan fingerprint density at radius 1 is 1.47 bits per heavy atom. The van der Waals surface area contributed by atoms with Crippen LogP contribution in [-0.2, 0) is 0 Å². The highest BCUT2D eigenvalue weighted by Crippen LogP contribution is 2.44. The van der Waals surface area contributed by atoms with Crippen molar-refractivity contribution in [1.82, 2.24) is 15.0 Å². The molecule has 1 saturated carbocycles. The van der Waals surface area contributed by atoms with Gasteiger partial charge in [0, 0.05) is 13.1 Å². The molecule has 2 heterocycles. The van der Waals surface area contributed by atoms with E-state index in [0.29, 0.717) is 11.5 Å². The molecule has 1 aliphatic heterocycles. The minimum atomic E-state index is 0.219. The van der Waals surface area contributed by atoms with Crippen LogP contribution in [0.1, 0.15) is 6.42 Å². The smallest absolute Gasteiger partial charge is 0.224 e. The van der Waals surface area contributed by atoms with E-state index in [0.717, 1.165) is 24.9 Å². The molecule has 2 fully saturated rings. The maximum absolute atomic E-state index is 5.74. The van der Waals surface area contributed by atoms with Gasteiger partial charge in [-0.2, -0.15) is 4.98 Å². The molecule has 0 radical (unpaired) electrons.